The van der Waals surface area contributed by atoms with Crippen LogP contribution in [0.4, 0.5) is 0 Å². The fourth-order valence-electron chi connectivity index (χ4n) is 2.12. The number of hydrogen-bond acceptors (Lipinski definition) is 2. The minimum atomic E-state index is -0.233. The Morgan fingerprint density at radius 2 is 1.70 bits per heavy atom. The normalized spacial score (nSPS) is 11.9. The molecule has 0 N–H and O–H groups in total. The predicted octanol–water partition coefficient (Wildman–Crippen LogP) is 4.17. The lowest BCUT2D eigenvalue weighted by molar-refractivity contribution is 0.0324. The van der Waals surface area contributed by atoms with Crippen LogP contribution in [0.25, 0.3) is 0 Å². The van der Waals surface area contributed by atoms with Gasteiger partial charge in [0.15, 0.2) is 0 Å². The van der Waals surface area contributed by atoms with Crippen molar-refractivity contribution < 1.29 is 9.53 Å². The summed E-state index contributed by atoms with van der Waals surface area (Å²) in [7, 11) is 0. The van der Waals surface area contributed by atoms with Gasteiger partial charge in [-0.05, 0) is 43.9 Å². The quantitative estimate of drug-likeness (QED) is 0.761. The number of ether oxygens (including phenoxy) is 1. The zero-order chi connectivity index (χ0) is 14.4. The molecule has 0 heterocycles. The highest BCUT2D eigenvalue weighted by Crippen LogP contribution is 2.12. The van der Waals surface area contributed by atoms with Crippen molar-refractivity contribution in [1.29, 1.82) is 0 Å². The van der Waals surface area contributed by atoms with E-state index in [1.54, 1.807) is 0 Å². The monoisotopic (exact) mass is 268 g/mol. The van der Waals surface area contributed by atoms with Gasteiger partial charge in [-0.25, -0.2) is 4.79 Å². The molecule has 0 saturated carbocycles. The van der Waals surface area contributed by atoms with Crippen molar-refractivity contribution in [2.24, 2.45) is 0 Å². The first-order chi connectivity index (χ1) is 9.66. The third-order valence-corrected chi connectivity index (χ3v) is 3.36. The zero-order valence-electron chi connectivity index (χ0n) is 12.0. The standard InChI is InChI=1S/C18H20O2/c1-14-8-6-7-11-17(14)18(19)20-15(2)12-13-16-9-4-3-5-10-16/h3-11,15H,12-13H2,1-2H3. The predicted molar refractivity (Wildman–Crippen MR) is 80.8 cm³/mol. The maximum Gasteiger partial charge on any atom is 0.338 e. The van der Waals surface area contributed by atoms with Crippen LogP contribution >= 0.6 is 0 Å². The topological polar surface area (TPSA) is 26.3 Å². The van der Waals surface area contributed by atoms with Gasteiger partial charge < -0.3 is 4.74 Å². The third-order valence-electron chi connectivity index (χ3n) is 3.36. The Hall–Kier alpha value is -2.09. The molecule has 1 unspecified atom stereocenters. The largest absolute Gasteiger partial charge is 0.459 e. The van der Waals surface area contributed by atoms with E-state index in [1.807, 2.05) is 56.3 Å². The van der Waals surface area contributed by atoms with Crippen molar-refractivity contribution in [2.45, 2.75) is 32.8 Å². The smallest absolute Gasteiger partial charge is 0.338 e. The molecule has 0 radical (unpaired) electrons. The molecule has 0 aliphatic rings. The third kappa shape index (κ3) is 3.95. The summed E-state index contributed by atoms with van der Waals surface area (Å²) < 4.78 is 5.50. The molecule has 104 valence electrons. The van der Waals surface area contributed by atoms with Gasteiger partial charge in [-0.3, -0.25) is 0 Å². The summed E-state index contributed by atoms with van der Waals surface area (Å²) in [5, 5.41) is 0. The number of carbonyl (C=O) groups excluding carboxylic acids is 1. The molecule has 0 aromatic heterocycles. The van der Waals surface area contributed by atoms with Crippen LogP contribution in [0.5, 0.6) is 0 Å². The van der Waals surface area contributed by atoms with E-state index in [4.69, 9.17) is 4.74 Å². The second-order valence-electron chi connectivity index (χ2n) is 5.06. The first kappa shape index (κ1) is 14.3. The van der Waals surface area contributed by atoms with E-state index < -0.39 is 0 Å². The van der Waals surface area contributed by atoms with Gasteiger partial charge in [-0.2, -0.15) is 0 Å². The molecule has 1 atom stereocenters. The van der Waals surface area contributed by atoms with Crippen molar-refractivity contribution >= 4 is 5.97 Å². The number of rotatable bonds is 5. The Labute approximate surface area is 120 Å². The fraction of sp³-hybridized carbons (Fsp3) is 0.278. The van der Waals surface area contributed by atoms with Crippen molar-refractivity contribution in [3.63, 3.8) is 0 Å². The lowest BCUT2D eigenvalue weighted by Crippen LogP contribution is -2.16. The van der Waals surface area contributed by atoms with Crippen LogP contribution in [0.2, 0.25) is 0 Å². The van der Waals surface area contributed by atoms with Gasteiger partial charge in [0.25, 0.3) is 0 Å². The van der Waals surface area contributed by atoms with Crippen molar-refractivity contribution in [3.05, 3.63) is 71.3 Å². The highest BCUT2D eigenvalue weighted by Gasteiger charge is 2.13. The molecule has 0 amide bonds. The molecule has 0 fully saturated rings. The molecule has 0 saturated heterocycles. The maximum atomic E-state index is 12.1. The minimum Gasteiger partial charge on any atom is -0.459 e. The van der Waals surface area contributed by atoms with Crippen LogP contribution in [0.15, 0.2) is 54.6 Å². The first-order valence-electron chi connectivity index (χ1n) is 6.97. The Bertz CT molecular complexity index is 561. The second-order valence-corrected chi connectivity index (χ2v) is 5.06. The van der Waals surface area contributed by atoms with Gasteiger partial charge >= 0.3 is 5.97 Å². The molecule has 0 spiro atoms. The average Bonchev–Trinajstić information content (AvgIpc) is 2.46. The van der Waals surface area contributed by atoms with Crippen LogP contribution in [-0.4, -0.2) is 12.1 Å². The van der Waals surface area contributed by atoms with Crippen LogP contribution in [-0.2, 0) is 11.2 Å². The van der Waals surface area contributed by atoms with E-state index in [9.17, 15) is 4.79 Å². The molecular weight excluding hydrogens is 248 g/mol. The Balaban J connectivity index is 1.87. The van der Waals surface area contributed by atoms with Gasteiger partial charge in [0.1, 0.15) is 0 Å². The van der Waals surface area contributed by atoms with Gasteiger partial charge in [0.2, 0.25) is 0 Å². The van der Waals surface area contributed by atoms with Crippen LogP contribution in [0.3, 0.4) is 0 Å². The van der Waals surface area contributed by atoms with E-state index in [0.29, 0.717) is 5.56 Å². The summed E-state index contributed by atoms with van der Waals surface area (Å²) in [4.78, 5) is 12.1. The summed E-state index contributed by atoms with van der Waals surface area (Å²) in [6.07, 6.45) is 1.67. The number of benzene rings is 2. The maximum absolute atomic E-state index is 12.1. The lowest BCUT2D eigenvalue weighted by atomic mass is 10.1. The summed E-state index contributed by atoms with van der Waals surface area (Å²) in [6.45, 7) is 3.87. The molecule has 0 aliphatic heterocycles. The SMILES string of the molecule is Cc1ccccc1C(=O)OC(C)CCc1ccccc1. The summed E-state index contributed by atoms with van der Waals surface area (Å²) in [5.74, 6) is -0.233. The number of carbonyl (C=O) groups is 1. The van der Waals surface area contributed by atoms with E-state index in [2.05, 4.69) is 12.1 Å². The van der Waals surface area contributed by atoms with Gasteiger partial charge in [-0.1, -0.05) is 48.5 Å². The number of hydrogen-bond donors (Lipinski definition) is 0. The van der Waals surface area contributed by atoms with Crippen LogP contribution in [0, 0.1) is 6.92 Å². The van der Waals surface area contributed by atoms with Gasteiger partial charge in [0, 0.05) is 0 Å². The second kappa shape index (κ2) is 6.90. The average molecular weight is 268 g/mol. The Morgan fingerprint density at radius 1 is 1.05 bits per heavy atom. The van der Waals surface area contributed by atoms with E-state index in [1.165, 1.54) is 5.56 Å². The molecule has 0 bridgehead atoms. The van der Waals surface area contributed by atoms with E-state index in [-0.39, 0.29) is 12.1 Å². The highest BCUT2D eigenvalue weighted by molar-refractivity contribution is 5.91. The summed E-state index contributed by atoms with van der Waals surface area (Å²) in [5.41, 5.74) is 2.87. The number of esters is 1. The van der Waals surface area contributed by atoms with Gasteiger partial charge in [0.05, 0.1) is 11.7 Å². The Morgan fingerprint density at radius 3 is 2.40 bits per heavy atom. The summed E-state index contributed by atoms with van der Waals surface area (Å²) >= 11 is 0. The minimum absolute atomic E-state index is 0.0812. The molecule has 0 aliphatic carbocycles. The van der Waals surface area contributed by atoms with E-state index in [0.717, 1.165) is 18.4 Å². The first-order valence-corrected chi connectivity index (χ1v) is 6.97. The molecule has 2 nitrogen and oxygen atoms in total. The zero-order valence-corrected chi connectivity index (χ0v) is 12.0. The van der Waals surface area contributed by atoms with E-state index >= 15 is 0 Å². The fourth-order valence-corrected chi connectivity index (χ4v) is 2.12. The molecular formula is C18H20O2. The molecule has 20 heavy (non-hydrogen) atoms. The van der Waals surface area contributed by atoms with Crippen molar-refractivity contribution in [3.8, 4) is 0 Å². The van der Waals surface area contributed by atoms with Crippen molar-refractivity contribution in [1.82, 2.24) is 0 Å². The van der Waals surface area contributed by atoms with Crippen LogP contribution < -0.4 is 0 Å². The molecule has 2 aromatic carbocycles. The van der Waals surface area contributed by atoms with Crippen LogP contribution in [0.1, 0.15) is 34.8 Å². The lowest BCUT2D eigenvalue weighted by Gasteiger charge is -2.14. The Kier molecular flexibility index (Phi) is 4.94. The summed E-state index contributed by atoms with van der Waals surface area (Å²) in [6, 6.07) is 17.8. The molecule has 2 rings (SSSR count). The van der Waals surface area contributed by atoms with Crippen molar-refractivity contribution in [2.75, 3.05) is 0 Å². The van der Waals surface area contributed by atoms with Gasteiger partial charge in [-0.15, -0.1) is 0 Å². The molecule has 2 heteroatoms. The highest BCUT2D eigenvalue weighted by atomic mass is 16.5. The number of aryl methyl sites for hydroxylation is 2. The molecule has 2 aromatic rings.